The van der Waals surface area contributed by atoms with Gasteiger partial charge in [0.2, 0.25) is 5.95 Å². The number of halogens is 1. The van der Waals surface area contributed by atoms with E-state index in [2.05, 4.69) is 9.97 Å². The minimum Gasteiger partial charge on any atom is -0.340 e. The predicted octanol–water partition coefficient (Wildman–Crippen LogP) is 1.94. The molecule has 0 N–H and O–H groups in total. The standard InChI is InChI=1S/C11H14ClN3O/c1-8(16)9-3-2-4-15(7-9)11-13-5-10(12)6-14-11/h5-6,9H,2-4,7H2,1H3. The highest BCUT2D eigenvalue weighted by Gasteiger charge is 2.24. The van der Waals surface area contributed by atoms with Crippen LogP contribution < -0.4 is 4.90 Å². The third-order valence-corrected chi connectivity index (χ3v) is 3.08. The molecule has 1 fully saturated rings. The summed E-state index contributed by atoms with van der Waals surface area (Å²) in [5, 5.41) is 0.531. The van der Waals surface area contributed by atoms with Crippen molar-refractivity contribution < 1.29 is 4.79 Å². The lowest BCUT2D eigenvalue weighted by atomic mass is 9.95. The van der Waals surface area contributed by atoms with Gasteiger partial charge in [-0.2, -0.15) is 0 Å². The van der Waals surface area contributed by atoms with Gasteiger partial charge in [-0.15, -0.1) is 0 Å². The highest BCUT2D eigenvalue weighted by molar-refractivity contribution is 6.30. The number of hydrogen-bond donors (Lipinski definition) is 0. The second-order valence-electron chi connectivity index (χ2n) is 4.10. The number of nitrogens with zero attached hydrogens (tertiary/aromatic N) is 3. The molecule has 1 unspecified atom stereocenters. The van der Waals surface area contributed by atoms with Gasteiger partial charge in [0.1, 0.15) is 5.78 Å². The van der Waals surface area contributed by atoms with Gasteiger partial charge in [0.15, 0.2) is 0 Å². The summed E-state index contributed by atoms with van der Waals surface area (Å²) in [5.41, 5.74) is 0. The number of hydrogen-bond acceptors (Lipinski definition) is 4. The zero-order valence-corrected chi connectivity index (χ0v) is 9.94. The van der Waals surface area contributed by atoms with Crippen LogP contribution in [0.4, 0.5) is 5.95 Å². The van der Waals surface area contributed by atoms with E-state index < -0.39 is 0 Å². The Morgan fingerprint density at radius 2 is 2.19 bits per heavy atom. The van der Waals surface area contributed by atoms with E-state index in [0.717, 1.165) is 25.9 Å². The van der Waals surface area contributed by atoms with Crippen LogP contribution in [-0.2, 0) is 4.79 Å². The first kappa shape index (κ1) is 11.3. The summed E-state index contributed by atoms with van der Waals surface area (Å²) in [7, 11) is 0. The second-order valence-corrected chi connectivity index (χ2v) is 4.53. The van der Waals surface area contributed by atoms with Crippen molar-refractivity contribution in [3.05, 3.63) is 17.4 Å². The van der Waals surface area contributed by atoms with Crippen molar-refractivity contribution in [2.75, 3.05) is 18.0 Å². The molecule has 4 nitrogen and oxygen atoms in total. The molecule has 86 valence electrons. The molecule has 0 aliphatic carbocycles. The van der Waals surface area contributed by atoms with Crippen molar-refractivity contribution in [1.29, 1.82) is 0 Å². The molecule has 1 atom stereocenters. The number of ketones is 1. The lowest BCUT2D eigenvalue weighted by molar-refractivity contribution is -0.120. The van der Waals surface area contributed by atoms with E-state index in [1.807, 2.05) is 4.90 Å². The van der Waals surface area contributed by atoms with Crippen LogP contribution in [0.3, 0.4) is 0 Å². The molecule has 5 heteroatoms. The molecule has 0 bridgehead atoms. The van der Waals surface area contributed by atoms with Crippen LogP contribution in [0, 0.1) is 5.92 Å². The van der Waals surface area contributed by atoms with Crippen molar-refractivity contribution in [3.63, 3.8) is 0 Å². The Labute approximate surface area is 99.6 Å². The summed E-state index contributed by atoms with van der Waals surface area (Å²) >= 11 is 5.73. The number of anilines is 1. The molecule has 0 aromatic carbocycles. The normalized spacial score (nSPS) is 20.9. The lowest BCUT2D eigenvalue weighted by Crippen LogP contribution is -2.39. The van der Waals surface area contributed by atoms with Crippen molar-refractivity contribution in [2.45, 2.75) is 19.8 Å². The highest BCUT2D eigenvalue weighted by Crippen LogP contribution is 2.21. The third-order valence-electron chi connectivity index (χ3n) is 2.89. The summed E-state index contributed by atoms with van der Waals surface area (Å²) < 4.78 is 0. The summed E-state index contributed by atoms with van der Waals surface area (Å²) in [6.07, 6.45) is 5.15. The van der Waals surface area contributed by atoms with E-state index >= 15 is 0 Å². The van der Waals surface area contributed by atoms with Crippen molar-refractivity contribution >= 4 is 23.3 Å². The van der Waals surface area contributed by atoms with E-state index in [1.54, 1.807) is 19.3 Å². The summed E-state index contributed by atoms with van der Waals surface area (Å²) in [6.45, 7) is 3.28. The molecule has 0 spiro atoms. The van der Waals surface area contributed by atoms with E-state index in [4.69, 9.17) is 11.6 Å². The van der Waals surface area contributed by atoms with Gasteiger partial charge in [-0.1, -0.05) is 11.6 Å². The number of piperidine rings is 1. The van der Waals surface area contributed by atoms with Crippen LogP contribution in [0.15, 0.2) is 12.4 Å². The van der Waals surface area contributed by atoms with Crippen molar-refractivity contribution in [2.24, 2.45) is 5.92 Å². The van der Waals surface area contributed by atoms with Crippen LogP contribution in [0.25, 0.3) is 0 Å². The van der Waals surface area contributed by atoms with E-state index in [1.165, 1.54) is 0 Å². The Morgan fingerprint density at radius 1 is 1.50 bits per heavy atom. The molecule has 2 heterocycles. The minimum atomic E-state index is 0.119. The number of carbonyl (C=O) groups excluding carboxylic acids is 1. The monoisotopic (exact) mass is 239 g/mol. The zero-order valence-electron chi connectivity index (χ0n) is 9.19. The summed E-state index contributed by atoms with van der Waals surface area (Å²) in [5.74, 6) is 1.03. The SMILES string of the molecule is CC(=O)C1CCCN(c2ncc(Cl)cn2)C1. The van der Waals surface area contributed by atoms with Gasteiger partial charge in [0.05, 0.1) is 17.4 Å². The molecule has 1 saturated heterocycles. The Hall–Kier alpha value is -1.16. The number of Topliss-reactive ketones (excluding diaryl/α,β-unsaturated/α-hetero) is 1. The van der Waals surface area contributed by atoms with Crippen molar-refractivity contribution in [3.8, 4) is 0 Å². The quantitative estimate of drug-likeness (QED) is 0.791. The molecule has 1 aromatic heterocycles. The highest BCUT2D eigenvalue weighted by atomic mass is 35.5. The minimum absolute atomic E-state index is 0.119. The van der Waals surface area contributed by atoms with Gasteiger partial charge < -0.3 is 4.90 Å². The molecule has 0 radical (unpaired) electrons. The first-order valence-corrected chi connectivity index (χ1v) is 5.77. The Kier molecular flexibility index (Phi) is 3.39. The molecular weight excluding hydrogens is 226 g/mol. The largest absolute Gasteiger partial charge is 0.340 e. The van der Waals surface area contributed by atoms with Gasteiger partial charge in [-0.3, -0.25) is 4.79 Å². The van der Waals surface area contributed by atoms with Crippen LogP contribution in [0.5, 0.6) is 0 Å². The first-order valence-electron chi connectivity index (χ1n) is 5.40. The van der Waals surface area contributed by atoms with E-state index in [0.29, 0.717) is 11.0 Å². The van der Waals surface area contributed by atoms with Crippen LogP contribution in [0.2, 0.25) is 5.02 Å². The third kappa shape index (κ3) is 2.50. The lowest BCUT2D eigenvalue weighted by Gasteiger charge is -2.31. The fraction of sp³-hybridized carbons (Fsp3) is 0.545. The van der Waals surface area contributed by atoms with Gasteiger partial charge in [0, 0.05) is 19.0 Å². The average Bonchev–Trinajstić information content (AvgIpc) is 2.30. The van der Waals surface area contributed by atoms with E-state index in [-0.39, 0.29) is 11.7 Å². The first-order chi connectivity index (χ1) is 7.66. The smallest absolute Gasteiger partial charge is 0.225 e. The Balaban J connectivity index is 2.09. The van der Waals surface area contributed by atoms with Gasteiger partial charge in [-0.05, 0) is 19.8 Å². The molecule has 2 rings (SSSR count). The van der Waals surface area contributed by atoms with Crippen LogP contribution in [-0.4, -0.2) is 28.8 Å². The zero-order chi connectivity index (χ0) is 11.5. The topological polar surface area (TPSA) is 46.1 Å². The van der Waals surface area contributed by atoms with Gasteiger partial charge in [0.25, 0.3) is 0 Å². The molecule has 1 aliphatic heterocycles. The van der Waals surface area contributed by atoms with Gasteiger partial charge in [-0.25, -0.2) is 9.97 Å². The number of carbonyl (C=O) groups is 1. The average molecular weight is 240 g/mol. The molecule has 0 amide bonds. The van der Waals surface area contributed by atoms with Crippen LogP contribution >= 0.6 is 11.6 Å². The fourth-order valence-corrected chi connectivity index (χ4v) is 2.06. The molecule has 16 heavy (non-hydrogen) atoms. The molecular formula is C11H14ClN3O. The van der Waals surface area contributed by atoms with Crippen LogP contribution in [0.1, 0.15) is 19.8 Å². The maximum Gasteiger partial charge on any atom is 0.225 e. The number of aromatic nitrogens is 2. The Morgan fingerprint density at radius 3 is 2.81 bits per heavy atom. The summed E-state index contributed by atoms with van der Waals surface area (Å²) in [4.78, 5) is 21.7. The molecule has 0 saturated carbocycles. The van der Waals surface area contributed by atoms with Gasteiger partial charge >= 0.3 is 0 Å². The number of rotatable bonds is 2. The van der Waals surface area contributed by atoms with Crippen molar-refractivity contribution in [1.82, 2.24) is 9.97 Å². The maximum absolute atomic E-state index is 11.3. The second kappa shape index (κ2) is 4.78. The predicted molar refractivity (Wildman–Crippen MR) is 62.7 cm³/mol. The fourth-order valence-electron chi connectivity index (χ4n) is 1.96. The van der Waals surface area contributed by atoms with E-state index in [9.17, 15) is 4.79 Å². The molecule has 1 aromatic rings. The maximum atomic E-state index is 11.3. The summed E-state index contributed by atoms with van der Waals surface area (Å²) in [6, 6.07) is 0. The molecule has 1 aliphatic rings. The Bertz CT molecular complexity index is 379.